The van der Waals surface area contributed by atoms with E-state index >= 15 is 0 Å². The SMILES string of the molecule is N[C@@H]1COCC12CCN(c1cnc(Sc3ccnc(Cl)c3Cl)cn1)CC2. The van der Waals surface area contributed by atoms with Gasteiger partial charge in [0.1, 0.15) is 16.0 Å². The number of nitrogens with two attached hydrogens (primary N) is 1. The minimum Gasteiger partial charge on any atom is -0.379 e. The van der Waals surface area contributed by atoms with Gasteiger partial charge < -0.3 is 15.4 Å². The first kappa shape index (κ1) is 18.3. The normalized spacial score (nSPS) is 22.1. The molecule has 0 bridgehead atoms. The molecule has 1 spiro atoms. The zero-order valence-electron chi connectivity index (χ0n) is 14.1. The highest BCUT2D eigenvalue weighted by Gasteiger charge is 2.44. The highest BCUT2D eigenvalue weighted by Crippen LogP contribution is 2.39. The second-order valence-corrected chi connectivity index (χ2v) is 8.50. The summed E-state index contributed by atoms with van der Waals surface area (Å²) in [4.78, 5) is 16.1. The molecule has 1 atom stereocenters. The van der Waals surface area contributed by atoms with Gasteiger partial charge in [-0.05, 0) is 18.9 Å². The van der Waals surface area contributed by atoms with Crippen LogP contribution in [0.5, 0.6) is 0 Å². The Morgan fingerprint density at radius 1 is 1.19 bits per heavy atom. The molecule has 2 N–H and O–H groups in total. The zero-order chi connectivity index (χ0) is 18.1. The molecule has 0 amide bonds. The quantitative estimate of drug-likeness (QED) is 0.776. The molecular formula is C17H19Cl2N5OS. The first-order valence-corrected chi connectivity index (χ1v) is 10.0. The van der Waals surface area contributed by atoms with Gasteiger partial charge in [0.15, 0.2) is 0 Å². The maximum Gasteiger partial charge on any atom is 0.148 e. The summed E-state index contributed by atoms with van der Waals surface area (Å²) < 4.78 is 5.58. The van der Waals surface area contributed by atoms with Crippen molar-refractivity contribution in [3.8, 4) is 0 Å². The van der Waals surface area contributed by atoms with Crippen LogP contribution < -0.4 is 10.6 Å². The molecule has 2 fully saturated rings. The fourth-order valence-electron chi connectivity index (χ4n) is 3.49. The van der Waals surface area contributed by atoms with E-state index < -0.39 is 0 Å². The lowest BCUT2D eigenvalue weighted by atomic mass is 9.75. The van der Waals surface area contributed by atoms with Crippen molar-refractivity contribution in [2.75, 3.05) is 31.2 Å². The number of halogens is 2. The third kappa shape index (κ3) is 3.51. The van der Waals surface area contributed by atoms with Gasteiger partial charge in [-0.25, -0.2) is 15.0 Å². The summed E-state index contributed by atoms with van der Waals surface area (Å²) in [5.74, 6) is 0.885. The molecule has 0 unspecified atom stereocenters. The van der Waals surface area contributed by atoms with Gasteiger partial charge >= 0.3 is 0 Å². The molecule has 2 aliphatic heterocycles. The number of nitrogens with zero attached hydrogens (tertiary/aromatic N) is 4. The third-order valence-electron chi connectivity index (χ3n) is 5.20. The average Bonchev–Trinajstić information content (AvgIpc) is 3.00. The number of anilines is 1. The van der Waals surface area contributed by atoms with Crippen LogP contribution in [0.15, 0.2) is 34.6 Å². The van der Waals surface area contributed by atoms with Crippen molar-refractivity contribution in [3.63, 3.8) is 0 Å². The summed E-state index contributed by atoms with van der Waals surface area (Å²) in [6, 6.07) is 1.96. The molecule has 2 aliphatic rings. The van der Waals surface area contributed by atoms with Crippen LogP contribution in [-0.4, -0.2) is 47.3 Å². The van der Waals surface area contributed by atoms with E-state index in [1.165, 1.54) is 11.8 Å². The summed E-state index contributed by atoms with van der Waals surface area (Å²) >= 11 is 13.5. The van der Waals surface area contributed by atoms with Crippen LogP contribution in [0.3, 0.4) is 0 Å². The lowest BCUT2D eigenvalue weighted by molar-refractivity contribution is 0.131. The van der Waals surface area contributed by atoms with Crippen LogP contribution in [0.2, 0.25) is 10.2 Å². The lowest BCUT2D eigenvalue weighted by Gasteiger charge is -2.41. The van der Waals surface area contributed by atoms with Crippen LogP contribution in [0, 0.1) is 5.41 Å². The second kappa shape index (κ2) is 7.48. The first-order valence-electron chi connectivity index (χ1n) is 8.46. The summed E-state index contributed by atoms with van der Waals surface area (Å²) in [7, 11) is 0. The summed E-state index contributed by atoms with van der Waals surface area (Å²) in [6.45, 7) is 3.29. The van der Waals surface area contributed by atoms with Crippen LogP contribution in [-0.2, 0) is 4.74 Å². The molecule has 4 rings (SSSR count). The predicted octanol–water partition coefficient (Wildman–Crippen LogP) is 3.27. The van der Waals surface area contributed by atoms with Crippen molar-refractivity contribution in [1.82, 2.24) is 15.0 Å². The van der Waals surface area contributed by atoms with E-state index in [1.54, 1.807) is 12.4 Å². The molecule has 0 aromatic carbocycles. The van der Waals surface area contributed by atoms with E-state index in [0.29, 0.717) is 11.6 Å². The molecule has 2 aromatic heterocycles. The van der Waals surface area contributed by atoms with Crippen LogP contribution in [0.1, 0.15) is 12.8 Å². The Morgan fingerprint density at radius 2 is 2.00 bits per heavy atom. The molecule has 4 heterocycles. The van der Waals surface area contributed by atoms with E-state index in [0.717, 1.165) is 48.3 Å². The van der Waals surface area contributed by atoms with E-state index in [4.69, 9.17) is 33.7 Å². The highest BCUT2D eigenvalue weighted by atomic mass is 35.5. The van der Waals surface area contributed by atoms with Gasteiger partial charge in [0.2, 0.25) is 0 Å². The average molecular weight is 412 g/mol. The Labute approximate surface area is 166 Å². The maximum atomic E-state index is 6.25. The monoisotopic (exact) mass is 411 g/mol. The Bertz CT molecular complexity index is 783. The van der Waals surface area contributed by atoms with Crippen molar-refractivity contribution < 1.29 is 4.74 Å². The van der Waals surface area contributed by atoms with Crippen LogP contribution in [0.25, 0.3) is 0 Å². The van der Waals surface area contributed by atoms with Gasteiger partial charge in [0, 0.05) is 35.6 Å². The molecular weight excluding hydrogens is 393 g/mol. The molecule has 138 valence electrons. The van der Waals surface area contributed by atoms with Gasteiger partial charge in [0.05, 0.1) is 30.6 Å². The molecule has 0 radical (unpaired) electrons. The third-order valence-corrected chi connectivity index (χ3v) is 7.06. The second-order valence-electron chi connectivity index (χ2n) is 6.70. The Morgan fingerprint density at radius 3 is 2.65 bits per heavy atom. The van der Waals surface area contributed by atoms with Crippen LogP contribution >= 0.6 is 35.0 Å². The lowest BCUT2D eigenvalue weighted by Crippen LogP contribution is -2.49. The largest absolute Gasteiger partial charge is 0.379 e. The van der Waals surface area contributed by atoms with E-state index in [9.17, 15) is 0 Å². The van der Waals surface area contributed by atoms with E-state index in [1.807, 2.05) is 12.3 Å². The Hall–Kier alpha value is -1.12. The number of aromatic nitrogens is 3. The van der Waals surface area contributed by atoms with Crippen molar-refractivity contribution in [2.45, 2.75) is 28.8 Å². The highest BCUT2D eigenvalue weighted by molar-refractivity contribution is 7.99. The van der Waals surface area contributed by atoms with Gasteiger partial charge in [-0.3, -0.25) is 0 Å². The number of hydrogen-bond acceptors (Lipinski definition) is 7. The molecule has 2 saturated heterocycles. The fraction of sp³-hybridized carbons (Fsp3) is 0.471. The predicted molar refractivity (Wildman–Crippen MR) is 103 cm³/mol. The molecule has 26 heavy (non-hydrogen) atoms. The summed E-state index contributed by atoms with van der Waals surface area (Å²) in [5.41, 5.74) is 6.38. The molecule has 9 heteroatoms. The maximum absolute atomic E-state index is 6.25. The zero-order valence-corrected chi connectivity index (χ0v) is 16.4. The Balaban J connectivity index is 1.41. The minimum atomic E-state index is 0.136. The smallest absolute Gasteiger partial charge is 0.148 e. The minimum absolute atomic E-state index is 0.136. The van der Waals surface area contributed by atoms with Crippen molar-refractivity contribution in [1.29, 1.82) is 0 Å². The first-order chi connectivity index (χ1) is 12.6. The molecule has 0 saturated carbocycles. The summed E-state index contributed by atoms with van der Waals surface area (Å²) in [5, 5.41) is 1.48. The van der Waals surface area contributed by atoms with Crippen LogP contribution in [0.4, 0.5) is 5.82 Å². The number of ether oxygens (including phenoxy) is 1. The number of piperidine rings is 1. The topological polar surface area (TPSA) is 77.2 Å². The fourth-order valence-corrected chi connectivity index (χ4v) is 4.68. The van der Waals surface area contributed by atoms with Crippen molar-refractivity contribution in [3.05, 3.63) is 34.8 Å². The number of pyridine rings is 1. The summed E-state index contributed by atoms with van der Waals surface area (Å²) in [6.07, 6.45) is 7.25. The van der Waals surface area contributed by atoms with Gasteiger partial charge in [-0.15, -0.1) is 0 Å². The van der Waals surface area contributed by atoms with Crippen molar-refractivity contribution >= 4 is 40.8 Å². The number of hydrogen-bond donors (Lipinski definition) is 1. The van der Waals surface area contributed by atoms with Gasteiger partial charge in [-0.1, -0.05) is 35.0 Å². The van der Waals surface area contributed by atoms with Gasteiger partial charge in [-0.2, -0.15) is 0 Å². The van der Waals surface area contributed by atoms with Crippen molar-refractivity contribution in [2.24, 2.45) is 11.1 Å². The Kier molecular flexibility index (Phi) is 5.25. The molecule has 0 aliphatic carbocycles. The molecule has 2 aromatic rings. The number of rotatable bonds is 3. The van der Waals surface area contributed by atoms with Gasteiger partial charge in [0.25, 0.3) is 0 Å². The molecule has 6 nitrogen and oxygen atoms in total. The standard InChI is InChI=1S/C17H19Cl2N5OS/c18-15-11(1-4-21-16(15)19)26-14-8-22-13(7-23-14)24-5-2-17(3-6-24)10-25-9-12(17)20/h1,4,7-8,12H,2-3,5-6,9-10,20H2/t12-/m1/s1. The van der Waals surface area contributed by atoms with E-state index in [2.05, 4.69) is 19.9 Å². The van der Waals surface area contributed by atoms with E-state index in [-0.39, 0.29) is 16.6 Å².